The summed E-state index contributed by atoms with van der Waals surface area (Å²) in [5, 5.41) is 0. The molecule has 198 valence electrons. The molecule has 3 aliphatic heterocycles. The van der Waals surface area contributed by atoms with Crippen molar-refractivity contribution in [3.05, 3.63) is 59.2 Å². The lowest BCUT2D eigenvalue weighted by Gasteiger charge is -2.43. The molecular formula is C28H36N4O4S. The van der Waals surface area contributed by atoms with Crippen molar-refractivity contribution in [3.63, 3.8) is 0 Å². The van der Waals surface area contributed by atoms with Gasteiger partial charge in [-0.05, 0) is 69.7 Å². The summed E-state index contributed by atoms with van der Waals surface area (Å²) in [5.74, 6) is -0.0927. The first kappa shape index (κ1) is 25.7. The molecule has 0 unspecified atom stereocenters. The zero-order valence-corrected chi connectivity index (χ0v) is 22.8. The largest absolute Gasteiger partial charge is 0.341 e. The van der Waals surface area contributed by atoms with Gasteiger partial charge in [0.25, 0.3) is 0 Å². The summed E-state index contributed by atoms with van der Waals surface area (Å²) in [7, 11) is -3.70. The summed E-state index contributed by atoms with van der Waals surface area (Å²) in [5.41, 5.74) is 2.56. The highest BCUT2D eigenvalue weighted by atomic mass is 32.2. The molecule has 0 aliphatic carbocycles. The predicted octanol–water partition coefficient (Wildman–Crippen LogP) is 3.06. The summed E-state index contributed by atoms with van der Waals surface area (Å²) in [6.07, 6.45) is 2.75. The molecule has 9 heteroatoms. The third-order valence-corrected chi connectivity index (χ3v) is 10.3. The summed E-state index contributed by atoms with van der Waals surface area (Å²) >= 11 is 0. The van der Waals surface area contributed by atoms with Crippen LogP contribution >= 0.6 is 0 Å². The molecular weight excluding hydrogens is 488 g/mol. The molecule has 0 N–H and O–H groups in total. The fraction of sp³-hybridized carbons (Fsp3) is 0.500. The van der Waals surface area contributed by atoms with E-state index in [1.807, 2.05) is 68.1 Å². The van der Waals surface area contributed by atoms with Gasteiger partial charge < -0.3 is 14.7 Å². The number of sulfonamides is 1. The Morgan fingerprint density at radius 1 is 0.919 bits per heavy atom. The Kier molecular flexibility index (Phi) is 6.79. The van der Waals surface area contributed by atoms with Crippen molar-refractivity contribution in [2.24, 2.45) is 0 Å². The SMILES string of the molecule is Cc1cc(C)c(S(=O)(=O)N2CCC3(CC2)C(=O)N(CC(=O)N2CCCC2)CN3c2ccccc2)c(C)c1. The zero-order valence-electron chi connectivity index (χ0n) is 21.9. The first-order valence-electron chi connectivity index (χ1n) is 13.1. The Balaban J connectivity index is 1.41. The van der Waals surface area contributed by atoms with Crippen LogP contribution in [0.4, 0.5) is 5.69 Å². The highest BCUT2D eigenvalue weighted by Gasteiger charge is 2.55. The zero-order chi connectivity index (χ0) is 26.4. The van der Waals surface area contributed by atoms with E-state index in [2.05, 4.69) is 4.90 Å². The number of hydrogen-bond donors (Lipinski definition) is 0. The molecule has 0 radical (unpaired) electrons. The van der Waals surface area contributed by atoms with Crippen molar-refractivity contribution in [2.45, 2.75) is 56.9 Å². The van der Waals surface area contributed by atoms with Crippen LogP contribution in [0.15, 0.2) is 47.4 Å². The lowest BCUT2D eigenvalue weighted by molar-refractivity contribution is -0.140. The third kappa shape index (κ3) is 4.52. The molecule has 5 rings (SSSR count). The summed E-state index contributed by atoms with van der Waals surface area (Å²) < 4.78 is 28.9. The van der Waals surface area contributed by atoms with E-state index in [0.717, 1.165) is 48.3 Å². The number of para-hydroxylation sites is 1. The van der Waals surface area contributed by atoms with Crippen LogP contribution in [0.25, 0.3) is 0 Å². The Labute approximate surface area is 219 Å². The average Bonchev–Trinajstić information content (AvgIpc) is 3.48. The van der Waals surface area contributed by atoms with Gasteiger partial charge in [-0.15, -0.1) is 0 Å². The van der Waals surface area contributed by atoms with Crippen LogP contribution in [0.3, 0.4) is 0 Å². The molecule has 3 saturated heterocycles. The molecule has 1 spiro atoms. The number of hydrogen-bond acceptors (Lipinski definition) is 5. The van der Waals surface area contributed by atoms with Crippen molar-refractivity contribution in [1.29, 1.82) is 0 Å². The van der Waals surface area contributed by atoms with Gasteiger partial charge in [0.15, 0.2) is 0 Å². The standard InChI is InChI=1S/C28H36N4O4S/c1-21-17-22(2)26(23(3)18-21)37(35,36)31-15-11-28(12-16-31)27(34)30(19-25(33)29-13-7-8-14-29)20-32(28)24-9-5-4-6-10-24/h4-6,9-10,17-18H,7-8,11-16,19-20H2,1-3H3. The number of likely N-dealkylation sites (tertiary alicyclic amines) is 1. The molecule has 0 saturated carbocycles. The summed E-state index contributed by atoms with van der Waals surface area (Å²) in [6.45, 7) is 8.02. The molecule has 0 bridgehead atoms. The maximum Gasteiger partial charge on any atom is 0.250 e. The van der Waals surface area contributed by atoms with Crippen molar-refractivity contribution < 1.29 is 18.0 Å². The highest BCUT2D eigenvalue weighted by Crippen LogP contribution is 2.41. The summed E-state index contributed by atoms with van der Waals surface area (Å²) in [6, 6.07) is 13.6. The van der Waals surface area contributed by atoms with Crippen LogP contribution in [0.2, 0.25) is 0 Å². The lowest BCUT2D eigenvalue weighted by Crippen LogP contribution is -2.57. The topological polar surface area (TPSA) is 81.2 Å². The van der Waals surface area contributed by atoms with Gasteiger partial charge in [-0.25, -0.2) is 8.42 Å². The number of rotatable bonds is 5. The molecule has 3 heterocycles. The van der Waals surface area contributed by atoms with Crippen molar-refractivity contribution in [3.8, 4) is 0 Å². The number of anilines is 1. The van der Waals surface area contributed by atoms with E-state index in [-0.39, 0.29) is 31.4 Å². The predicted molar refractivity (Wildman–Crippen MR) is 143 cm³/mol. The number of amides is 2. The molecule has 8 nitrogen and oxygen atoms in total. The molecule has 2 aromatic rings. The fourth-order valence-electron chi connectivity index (χ4n) is 6.35. The van der Waals surface area contributed by atoms with Crippen LogP contribution in [0.1, 0.15) is 42.4 Å². The average molecular weight is 525 g/mol. The Morgan fingerprint density at radius 3 is 2.11 bits per heavy atom. The molecule has 0 aromatic heterocycles. The lowest BCUT2D eigenvalue weighted by atomic mass is 9.86. The number of nitrogens with zero attached hydrogens (tertiary/aromatic N) is 4. The first-order chi connectivity index (χ1) is 17.6. The number of carbonyl (C=O) groups excluding carboxylic acids is 2. The maximum atomic E-state index is 13.9. The minimum absolute atomic E-state index is 0.0127. The van der Waals surface area contributed by atoms with Crippen molar-refractivity contribution in [1.82, 2.24) is 14.1 Å². The van der Waals surface area contributed by atoms with Gasteiger partial charge in [0.1, 0.15) is 12.1 Å². The minimum Gasteiger partial charge on any atom is -0.341 e. The van der Waals surface area contributed by atoms with E-state index >= 15 is 0 Å². The Morgan fingerprint density at radius 2 is 1.51 bits per heavy atom. The number of carbonyl (C=O) groups is 2. The van der Waals surface area contributed by atoms with Gasteiger partial charge in [-0.1, -0.05) is 35.9 Å². The van der Waals surface area contributed by atoms with Crippen LogP contribution in [0, 0.1) is 20.8 Å². The van der Waals surface area contributed by atoms with E-state index < -0.39 is 15.6 Å². The number of aryl methyl sites for hydroxylation is 3. The second-order valence-corrected chi connectivity index (χ2v) is 12.5. The second-order valence-electron chi connectivity index (χ2n) is 10.7. The van der Waals surface area contributed by atoms with Crippen LogP contribution in [0.5, 0.6) is 0 Å². The van der Waals surface area contributed by atoms with E-state index in [1.165, 1.54) is 4.31 Å². The normalized spacial score (nSPS) is 20.3. The van der Waals surface area contributed by atoms with Gasteiger partial charge in [-0.2, -0.15) is 4.31 Å². The second kappa shape index (κ2) is 9.76. The molecule has 2 aromatic carbocycles. The Bertz CT molecular complexity index is 1270. The minimum atomic E-state index is -3.70. The van der Waals surface area contributed by atoms with E-state index in [1.54, 1.807) is 4.90 Å². The molecule has 3 fully saturated rings. The maximum absolute atomic E-state index is 13.9. The van der Waals surface area contributed by atoms with Crippen LogP contribution < -0.4 is 4.90 Å². The van der Waals surface area contributed by atoms with Gasteiger partial charge in [0.2, 0.25) is 21.8 Å². The van der Waals surface area contributed by atoms with Gasteiger partial charge in [0.05, 0.1) is 11.6 Å². The van der Waals surface area contributed by atoms with E-state index in [0.29, 0.717) is 24.4 Å². The van der Waals surface area contributed by atoms with Crippen LogP contribution in [-0.2, 0) is 19.6 Å². The van der Waals surface area contributed by atoms with E-state index in [4.69, 9.17) is 0 Å². The molecule has 3 aliphatic rings. The summed E-state index contributed by atoms with van der Waals surface area (Å²) in [4.78, 5) is 32.8. The number of piperidine rings is 1. The molecule has 2 amide bonds. The molecule has 0 atom stereocenters. The van der Waals surface area contributed by atoms with Crippen molar-refractivity contribution in [2.75, 3.05) is 44.3 Å². The molecule has 37 heavy (non-hydrogen) atoms. The monoisotopic (exact) mass is 524 g/mol. The quantitative estimate of drug-likeness (QED) is 0.601. The third-order valence-electron chi connectivity index (χ3n) is 8.12. The fourth-order valence-corrected chi connectivity index (χ4v) is 8.20. The van der Waals surface area contributed by atoms with Crippen LogP contribution in [-0.4, -0.2) is 79.3 Å². The van der Waals surface area contributed by atoms with E-state index in [9.17, 15) is 18.0 Å². The van der Waals surface area contributed by atoms with Gasteiger partial charge >= 0.3 is 0 Å². The van der Waals surface area contributed by atoms with Crippen molar-refractivity contribution >= 4 is 27.5 Å². The van der Waals surface area contributed by atoms with Gasteiger partial charge in [-0.3, -0.25) is 9.59 Å². The van der Waals surface area contributed by atoms with Gasteiger partial charge in [0, 0.05) is 31.9 Å². The smallest absolute Gasteiger partial charge is 0.250 e. The Hall–Kier alpha value is -2.91. The first-order valence-corrected chi connectivity index (χ1v) is 14.6. The highest BCUT2D eigenvalue weighted by molar-refractivity contribution is 7.89. The number of benzene rings is 2.